The van der Waals surface area contributed by atoms with Crippen molar-refractivity contribution in [1.82, 2.24) is 4.98 Å². The molecule has 0 aliphatic carbocycles. The van der Waals surface area contributed by atoms with E-state index < -0.39 is 30.2 Å². The van der Waals surface area contributed by atoms with Gasteiger partial charge in [0.1, 0.15) is 0 Å². The molecule has 0 unspecified atom stereocenters. The van der Waals surface area contributed by atoms with Gasteiger partial charge in [-0.15, -0.1) is 0 Å². The van der Waals surface area contributed by atoms with Gasteiger partial charge in [-0.25, -0.2) is 0 Å². The van der Waals surface area contributed by atoms with Gasteiger partial charge in [0.15, 0.2) is 0 Å². The van der Waals surface area contributed by atoms with E-state index in [1.54, 1.807) is 6.07 Å². The summed E-state index contributed by atoms with van der Waals surface area (Å²) in [5.41, 5.74) is -0.809. The molecule has 0 saturated carbocycles. The Balaban J connectivity index is 3.02. The minimum absolute atomic E-state index is 0.809. The van der Waals surface area contributed by atoms with Crippen LogP contribution in [0.15, 0.2) is 18.3 Å². The van der Waals surface area contributed by atoms with Crippen molar-refractivity contribution in [3.05, 3.63) is 24.0 Å². The third kappa shape index (κ3) is 2.86. The van der Waals surface area contributed by atoms with Gasteiger partial charge >= 0.3 is 85.1 Å². The Morgan fingerprint density at radius 2 is 1.71 bits per heavy atom. The van der Waals surface area contributed by atoms with Crippen molar-refractivity contribution in [2.45, 2.75) is 21.0 Å². The van der Waals surface area contributed by atoms with Crippen LogP contribution in [0.4, 0.5) is 13.2 Å². The van der Waals surface area contributed by atoms with Gasteiger partial charge in [0.25, 0.3) is 0 Å². The van der Waals surface area contributed by atoms with Crippen LogP contribution in [0.1, 0.15) is 5.69 Å². The predicted molar refractivity (Wildman–Crippen MR) is 52.2 cm³/mol. The minimum atomic E-state index is -4.33. The number of halogens is 3. The molecule has 0 radical (unpaired) electrons. The molecule has 0 saturated heterocycles. The molecule has 1 nitrogen and oxygen atoms in total. The molecule has 0 aromatic carbocycles. The molecule has 1 aromatic rings. The van der Waals surface area contributed by atoms with E-state index in [9.17, 15) is 13.2 Å². The molecule has 0 bridgehead atoms. The molecule has 0 aliphatic heterocycles. The molecule has 5 heteroatoms. The van der Waals surface area contributed by atoms with Crippen LogP contribution in [-0.2, 0) is 6.18 Å². The summed E-state index contributed by atoms with van der Waals surface area (Å²) in [6, 6.07) is 2.63. The summed E-state index contributed by atoms with van der Waals surface area (Å²) in [5, 5.41) is 0. The van der Waals surface area contributed by atoms with E-state index in [2.05, 4.69) is 19.8 Å². The second kappa shape index (κ2) is 3.71. The number of rotatable bonds is 1. The van der Waals surface area contributed by atoms with Crippen molar-refractivity contribution in [2.24, 2.45) is 0 Å². The van der Waals surface area contributed by atoms with Gasteiger partial charge in [-0.3, -0.25) is 0 Å². The SMILES string of the molecule is [CH3][Sn]([CH3])([CH3])[c]1ccc(C(F)(F)F)nc1. The van der Waals surface area contributed by atoms with E-state index in [0.717, 1.165) is 9.65 Å². The molecule has 1 aromatic heterocycles. The topological polar surface area (TPSA) is 12.9 Å². The Morgan fingerprint density at radius 1 is 1.14 bits per heavy atom. The monoisotopic (exact) mass is 311 g/mol. The molecule has 0 N–H and O–H groups in total. The molecule has 14 heavy (non-hydrogen) atoms. The number of nitrogens with zero attached hydrogens (tertiary/aromatic N) is 1. The van der Waals surface area contributed by atoms with Crippen LogP contribution in [-0.4, -0.2) is 23.4 Å². The third-order valence-corrected chi connectivity index (χ3v) is 7.71. The molecule has 78 valence electrons. The van der Waals surface area contributed by atoms with Gasteiger partial charge in [0.05, 0.1) is 0 Å². The van der Waals surface area contributed by atoms with Gasteiger partial charge in [-0.2, -0.15) is 0 Å². The quantitative estimate of drug-likeness (QED) is 0.727. The van der Waals surface area contributed by atoms with Crippen molar-refractivity contribution in [2.75, 3.05) is 0 Å². The fraction of sp³-hybridized carbons (Fsp3) is 0.444. The third-order valence-electron chi connectivity index (χ3n) is 1.92. The van der Waals surface area contributed by atoms with Crippen LogP contribution in [0.5, 0.6) is 0 Å². The predicted octanol–water partition coefficient (Wildman–Crippen LogP) is 2.65. The second-order valence-electron chi connectivity index (χ2n) is 4.18. The first-order valence-electron chi connectivity index (χ1n) is 4.25. The molecular weight excluding hydrogens is 298 g/mol. The first-order chi connectivity index (χ1) is 6.21. The molecule has 0 aliphatic rings. The molecule has 0 atom stereocenters. The number of alkyl halides is 3. The second-order valence-corrected chi connectivity index (χ2v) is 18.7. The summed E-state index contributed by atoms with van der Waals surface area (Å²) < 4.78 is 37.5. The normalized spacial score (nSPS) is 13.0. The standard InChI is InChI=1S/C6H3F3N.3CH3.Sn/c7-6(8,9)5-3-1-2-4-10-5;;;;/h1,3-4H;3*1H3;. The molecule has 0 amide bonds. The molecule has 0 spiro atoms. The Hall–Kier alpha value is -0.261. The average molecular weight is 310 g/mol. The van der Waals surface area contributed by atoms with Gasteiger partial charge in [-0.05, 0) is 0 Å². The summed E-state index contributed by atoms with van der Waals surface area (Å²) in [7, 11) is 0. The van der Waals surface area contributed by atoms with Crippen LogP contribution in [0.25, 0.3) is 0 Å². The Kier molecular flexibility index (Phi) is 3.13. The van der Waals surface area contributed by atoms with Crippen LogP contribution in [0, 0.1) is 0 Å². The van der Waals surface area contributed by atoms with E-state index in [0.29, 0.717) is 0 Å². The van der Waals surface area contributed by atoms with Crippen molar-refractivity contribution in [3.8, 4) is 0 Å². The van der Waals surface area contributed by atoms with Crippen molar-refractivity contribution < 1.29 is 13.2 Å². The van der Waals surface area contributed by atoms with E-state index in [-0.39, 0.29) is 0 Å². The zero-order chi connectivity index (χ0) is 11.0. The van der Waals surface area contributed by atoms with Crippen LogP contribution < -0.4 is 3.58 Å². The Morgan fingerprint density at radius 3 is 2.00 bits per heavy atom. The zero-order valence-corrected chi connectivity index (χ0v) is 11.2. The maximum atomic E-state index is 12.2. The summed E-state index contributed by atoms with van der Waals surface area (Å²) in [6.07, 6.45) is -2.95. The Labute approximate surface area is 85.2 Å². The number of pyridine rings is 1. The Bertz CT molecular complexity index is 277. The van der Waals surface area contributed by atoms with E-state index in [1.807, 2.05) is 0 Å². The zero-order valence-electron chi connectivity index (χ0n) is 8.31. The van der Waals surface area contributed by atoms with Gasteiger partial charge in [0, 0.05) is 0 Å². The summed E-state index contributed by atoms with van der Waals surface area (Å²) in [4.78, 5) is 9.86. The van der Waals surface area contributed by atoms with Crippen molar-refractivity contribution in [1.29, 1.82) is 0 Å². The molecular formula is C9H12F3NSn. The van der Waals surface area contributed by atoms with Crippen molar-refractivity contribution in [3.63, 3.8) is 0 Å². The number of hydrogen-bond acceptors (Lipinski definition) is 1. The van der Waals surface area contributed by atoms with E-state index >= 15 is 0 Å². The van der Waals surface area contributed by atoms with Crippen LogP contribution in [0.2, 0.25) is 14.8 Å². The molecule has 0 fully saturated rings. The summed E-state index contributed by atoms with van der Waals surface area (Å²) in [6.45, 7) is 0. The van der Waals surface area contributed by atoms with Crippen LogP contribution in [0.3, 0.4) is 0 Å². The summed E-state index contributed by atoms with van der Waals surface area (Å²) in [5.74, 6) is 0. The van der Waals surface area contributed by atoms with E-state index in [4.69, 9.17) is 0 Å². The molecule has 1 heterocycles. The van der Waals surface area contributed by atoms with Crippen molar-refractivity contribution >= 4 is 22.0 Å². The van der Waals surface area contributed by atoms with E-state index in [1.165, 1.54) is 6.20 Å². The van der Waals surface area contributed by atoms with Gasteiger partial charge in [-0.1, -0.05) is 0 Å². The fourth-order valence-electron chi connectivity index (χ4n) is 1.01. The molecule has 1 rings (SSSR count). The summed E-state index contributed by atoms with van der Waals surface area (Å²) >= 11 is -2.25. The number of aromatic nitrogens is 1. The first-order valence-corrected chi connectivity index (χ1v) is 14.2. The fourth-order valence-corrected chi connectivity index (χ4v) is 3.96. The van der Waals surface area contributed by atoms with Gasteiger partial charge < -0.3 is 0 Å². The average Bonchev–Trinajstić information content (AvgIpc) is 2.01. The van der Waals surface area contributed by atoms with Crippen LogP contribution >= 0.6 is 0 Å². The first kappa shape index (κ1) is 11.8. The maximum absolute atomic E-state index is 12.2. The number of hydrogen-bond donors (Lipinski definition) is 0. The van der Waals surface area contributed by atoms with Gasteiger partial charge in [0.2, 0.25) is 0 Å².